The number of methoxy groups -OCH3 is 1. The molecule has 0 atom stereocenters. The van der Waals surface area contributed by atoms with Gasteiger partial charge in [0.1, 0.15) is 17.1 Å². The number of nitrogens with zero attached hydrogens (tertiary/aromatic N) is 2. The van der Waals surface area contributed by atoms with E-state index in [0.29, 0.717) is 21.5 Å². The molecular formula is C25H23N3O5S. The molecular weight excluding hydrogens is 454 g/mol. The monoisotopic (exact) mass is 477 g/mol. The molecule has 0 saturated heterocycles. The fourth-order valence-electron chi connectivity index (χ4n) is 3.42. The average molecular weight is 478 g/mol. The number of anilines is 1. The lowest BCUT2D eigenvalue weighted by Gasteiger charge is -2.10. The molecule has 0 aliphatic rings. The first-order valence-corrected chi connectivity index (χ1v) is 11.5. The van der Waals surface area contributed by atoms with Crippen molar-refractivity contribution in [3.63, 3.8) is 0 Å². The van der Waals surface area contributed by atoms with Crippen molar-refractivity contribution in [3.05, 3.63) is 76.2 Å². The minimum Gasteiger partial charge on any atom is -0.497 e. The van der Waals surface area contributed by atoms with Crippen molar-refractivity contribution in [2.24, 2.45) is 0 Å². The van der Waals surface area contributed by atoms with E-state index in [9.17, 15) is 14.4 Å². The molecule has 4 rings (SSSR count). The molecule has 8 nitrogen and oxygen atoms in total. The molecule has 9 heteroatoms. The number of hydrogen-bond donors (Lipinski definition) is 1. The highest BCUT2D eigenvalue weighted by molar-refractivity contribution is 7.17. The number of thiophene rings is 1. The third-order valence-corrected chi connectivity index (χ3v) is 5.89. The van der Waals surface area contributed by atoms with E-state index in [1.807, 2.05) is 29.6 Å². The number of carbonyl (C=O) groups excluding carboxylic acids is 2. The van der Waals surface area contributed by atoms with Crippen LogP contribution in [-0.2, 0) is 16.1 Å². The van der Waals surface area contributed by atoms with Crippen LogP contribution in [0.4, 0.5) is 5.69 Å². The summed E-state index contributed by atoms with van der Waals surface area (Å²) in [7, 11) is 1.59. The van der Waals surface area contributed by atoms with Gasteiger partial charge in [-0.25, -0.2) is 9.78 Å². The quantitative estimate of drug-likeness (QED) is 0.398. The topological polar surface area (TPSA) is 99.5 Å². The Balaban J connectivity index is 1.55. The van der Waals surface area contributed by atoms with E-state index in [0.717, 1.165) is 16.9 Å². The van der Waals surface area contributed by atoms with Crippen LogP contribution in [0, 0.1) is 0 Å². The molecule has 0 radical (unpaired) electrons. The first-order valence-electron chi connectivity index (χ1n) is 10.6. The number of fused-ring (bicyclic) bond motifs is 1. The Morgan fingerprint density at radius 1 is 1.15 bits per heavy atom. The molecule has 174 valence electrons. The second kappa shape index (κ2) is 9.88. The number of rotatable bonds is 7. The summed E-state index contributed by atoms with van der Waals surface area (Å²) in [4.78, 5) is 43.0. The van der Waals surface area contributed by atoms with E-state index in [-0.39, 0.29) is 18.2 Å². The maximum atomic E-state index is 13.2. The summed E-state index contributed by atoms with van der Waals surface area (Å²) in [5.41, 5.74) is 2.07. The molecule has 0 unspecified atom stereocenters. The Morgan fingerprint density at radius 3 is 2.62 bits per heavy atom. The van der Waals surface area contributed by atoms with Gasteiger partial charge in [-0.05, 0) is 49.7 Å². The first kappa shape index (κ1) is 23.2. The Labute approximate surface area is 199 Å². The van der Waals surface area contributed by atoms with Crippen molar-refractivity contribution < 1.29 is 19.1 Å². The van der Waals surface area contributed by atoms with Gasteiger partial charge in [0.2, 0.25) is 5.91 Å². The number of aromatic nitrogens is 2. The number of benzene rings is 2. The fourth-order valence-corrected chi connectivity index (χ4v) is 4.33. The van der Waals surface area contributed by atoms with Crippen LogP contribution in [0.15, 0.2) is 65.0 Å². The van der Waals surface area contributed by atoms with Crippen LogP contribution in [0.3, 0.4) is 0 Å². The molecule has 4 aromatic rings. The number of amides is 1. The molecule has 2 aromatic carbocycles. The second-order valence-corrected chi connectivity index (χ2v) is 8.68. The molecule has 0 fully saturated rings. The van der Waals surface area contributed by atoms with Gasteiger partial charge in [-0.2, -0.15) is 0 Å². The molecule has 0 bridgehead atoms. The smallest absolute Gasteiger partial charge is 0.338 e. The van der Waals surface area contributed by atoms with Crippen LogP contribution in [-0.4, -0.2) is 34.6 Å². The normalized spacial score (nSPS) is 10.9. The van der Waals surface area contributed by atoms with Crippen molar-refractivity contribution in [1.82, 2.24) is 9.55 Å². The maximum Gasteiger partial charge on any atom is 0.338 e. The molecule has 0 spiro atoms. The van der Waals surface area contributed by atoms with Crippen LogP contribution in [0.2, 0.25) is 0 Å². The zero-order valence-corrected chi connectivity index (χ0v) is 19.7. The Bertz CT molecular complexity index is 1410. The highest BCUT2D eigenvalue weighted by Gasteiger charge is 2.16. The zero-order valence-electron chi connectivity index (χ0n) is 18.9. The van der Waals surface area contributed by atoms with Gasteiger partial charge >= 0.3 is 5.97 Å². The molecule has 1 N–H and O–H groups in total. The van der Waals surface area contributed by atoms with Crippen molar-refractivity contribution in [3.8, 4) is 16.9 Å². The number of esters is 1. The van der Waals surface area contributed by atoms with E-state index < -0.39 is 11.9 Å². The number of nitrogens with one attached hydrogen (secondary N) is 1. The van der Waals surface area contributed by atoms with E-state index >= 15 is 0 Å². The van der Waals surface area contributed by atoms with Crippen LogP contribution >= 0.6 is 11.3 Å². The molecule has 0 saturated carbocycles. The summed E-state index contributed by atoms with van der Waals surface area (Å²) < 4.78 is 11.7. The van der Waals surface area contributed by atoms with Crippen molar-refractivity contribution in [2.75, 3.05) is 12.4 Å². The van der Waals surface area contributed by atoms with Gasteiger partial charge in [-0.15, -0.1) is 11.3 Å². The van der Waals surface area contributed by atoms with Gasteiger partial charge < -0.3 is 14.8 Å². The van der Waals surface area contributed by atoms with Crippen LogP contribution in [0.1, 0.15) is 24.2 Å². The minimum atomic E-state index is -0.472. The summed E-state index contributed by atoms with van der Waals surface area (Å²) in [5.74, 6) is -0.170. The third kappa shape index (κ3) is 4.99. The molecule has 2 heterocycles. The van der Waals surface area contributed by atoms with Gasteiger partial charge in [-0.1, -0.05) is 18.2 Å². The van der Waals surface area contributed by atoms with Gasteiger partial charge in [0.05, 0.1) is 30.5 Å². The van der Waals surface area contributed by atoms with Crippen LogP contribution in [0.25, 0.3) is 21.3 Å². The van der Waals surface area contributed by atoms with Gasteiger partial charge in [0.15, 0.2) is 0 Å². The number of carbonyl (C=O) groups is 2. The number of ether oxygens (including phenoxy) is 2. The summed E-state index contributed by atoms with van der Waals surface area (Å²) in [6.45, 7) is 3.31. The highest BCUT2D eigenvalue weighted by atomic mass is 32.1. The van der Waals surface area contributed by atoms with E-state index in [4.69, 9.17) is 9.47 Å². The summed E-state index contributed by atoms with van der Waals surface area (Å²) >= 11 is 1.37. The zero-order chi connectivity index (χ0) is 24.2. The summed E-state index contributed by atoms with van der Waals surface area (Å²) in [6.07, 6.45) is 1.12. The highest BCUT2D eigenvalue weighted by Crippen LogP contribution is 2.31. The van der Waals surface area contributed by atoms with E-state index in [1.54, 1.807) is 39.2 Å². The van der Waals surface area contributed by atoms with Crippen LogP contribution in [0.5, 0.6) is 5.75 Å². The first-order chi connectivity index (χ1) is 16.4. The van der Waals surface area contributed by atoms with Crippen molar-refractivity contribution in [1.29, 1.82) is 0 Å². The van der Waals surface area contributed by atoms with Gasteiger partial charge in [0.25, 0.3) is 5.56 Å². The molecule has 1 amide bonds. The predicted octanol–water partition coefficient (Wildman–Crippen LogP) is 4.34. The van der Waals surface area contributed by atoms with E-state index in [1.165, 1.54) is 28.3 Å². The Kier molecular flexibility index (Phi) is 6.74. The largest absolute Gasteiger partial charge is 0.497 e. The fraction of sp³-hybridized carbons (Fsp3) is 0.200. The lowest BCUT2D eigenvalue weighted by molar-refractivity contribution is -0.116. The summed E-state index contributed by atoms with van der Waals surface area (Å²) in [5, 5.41) is 5.07. The van der Waals surface area contributed by atoms with Gasteiger partial charge in [0, 0.05) is 16.6 Å². The Hall–Kier alpha value is -3.98. The molecule has 34 heavy (non-hydrogen) atoms. The molecule has 2 aromatic heterocycles. The second-order valence-electron chi connectivity index (χ2n) is 7.82. The van der Waals surface area contributed by atoms with Crippen molar-refractivity contribution >= 4 is 39.1 Å². The van der Waals surface area contributed by atoms with Gasteiger partial charge in [-0.3, -0.25) is 14.2 Å². The maximum absolute atomic E-state index is 13.2. The lowest BCUT2D eigenvalue weighted by atomic mass is 10.1. The minimum absolute atomic E-state index is 0.222. The SMILES string of the molecule is COc1ccc(-c2csc3ncn(CC(=O)Nc4cccc(C(=O)OC(C)C)c4)c(=O)c23)cc1. The Morgan fingerprint density at radius 2 is 1.91 bits per heavy atom. The standard InChI is InChI=1S/C25H23N3O5S/c1-15(2)33-25(31)17-5-4-6-18(11-17)27-21(29)12-28-14-26-23-22(24(28)30)20(13-34-23)16-7-9-19(32-3)10-8-16/h4-11,13-15H,12H2,1-3H3,(H,27,29). The molecule has 0 aliphatic heterocycles. The lowest BCUT2D eigenvalue weighted by Crippen LogP contribution is -2.27. The summed E-state index contributed by atoms with van der Waals surface area (Å²) in [6, 6.07) is 13.9. The van der Waals surface area contributed by atoms with Crippen molar-refractivity contribution in [2.45, 2.75) is 26.5 Å². The number of hydrogen-bond acceptors (Lipinski definition) is 7. The van der Waals surface area contributed by atoms with E-state index in [2.05, 4.69) is 10.3 Å². The van der Waals surface area contributed by atoms with Crippen LogP contribution < -0.4 is 15.6 Å². The third-order valence-electron chi connectivity index (χ3n) is 5.00. The average Bonchev–Trinajstić information content (AvgIpc) is 3.25. The predicted molar refractivity (Wildman–Crippen MR) is 131 cm³/mol. The molecule has 0 aliphatic carbocycles.